The third-order valence-electron chi connectivity index (χ3n) is 6.71. The Kier molecular flexibility index (Phi) is 5.54. The summed E-state index contributed by atoms with van der Waals surface area (Å²) >= 11 is 1.72. The Morgan fingerprint density at radius 2 is 2.06 bits per heavy atom. The van der Waals surface area contributed by atoms with Gasteiger partial charge < -0.3 is 15.0 Å². The predicted octanol–water partition coefficient (Wildman–Crippen LogP) is 2.92. The fourth-order valence-corrected chi connectivity index (χ4v) is 5.80. The smallest absolute Gasteiger partial charge is 0.414 e. The van der Waals surface area contributed by atoms with Crippen molar-refractivity contribution in [2.45, 2.75) is 25.6 Å². The molecule has 2 aliphatic heterocycles. The van der Waals surface area contributed by atoms with Gasteiger partial charge >= 0.3 is 6.09 Å². The molecule has 5 rings (SSSR count). The van der Waals surface area contributed by atoms with Gasteiger partial charge in [-0.15, -0.1) is 0 Å². The number of piperidine rings is 1. The monoisotopic (exact) mass is 458 g/mol. The molecule has 3 fully saturated rings. The number of cyclic esters (lactones) is 1. The van der Waals surface area contributed by atoms with Crippen LogP contribution in [0.4, 0.5) is 20.6 Å². The number of hydrogen-bond donors (Lipinski definition) is 1. The Morgan fingerprint density at radius 1 is 1.28 bits per heavy atom. The molecule has 3 heterocycles. The van der Waals surface area contributed by atoms with Crippen LogP contribution in [0.2, 0.25) is 0 Å². The standard InChI is InChI=1S/C23H27FN4O3S/c1-14(29)25-8-17-10-28(23(30)31-17)16-3-4-21(20(24)7-16)27-11-18-19(12-27)22(18)26(2)9-15-5-6-32-13-15/h3-7,13,17-19,22H,8-12H2,1-2H3,(H,25,29)/t17-,18-,19+,22?/m0/s1. The van der Waals surface area contributed by atoms with E-state index in [2.05, 4.69) is 39.0 Å². The first-order chi connectivity index (χ1) is 15.4. The van der Waals surface area contributed by atoms with E-state index in [0.717, 1.165) is 19.6 Å². The van der Waals surface area contributed by atoms with E-state index in [-0.39, 0.29) is 24.8 Å². The van der Waals surface area contributed by atoms with Gasteiger partial charge in [0.25, 0.3) is 0 Å². The van der Waals surface area contributed by atoms with E-state index in [1.165, 1.54) is 23.5 Å². The van der Waals surface area contributed by atoms with Gasteiger partial charge in [-0.25, -0.2) is 9.18 Å². The number of fused-ring (bicyclic) bond motifs is 1. The van der Waals surface area contributed by atoms with Crippen molar-refractivity contribution in [1.29, 1.82) is 0 Å². The summed E-state index contributed by atoms with van der Waals surface area (Å²) in [7, 11) is 2.18. The van der Waals surface area contributed by atoms with Crippen LogP contribution in [0.5, 0.6) is 0 Å². The maximum Gasteiger partial charge on any atom is 0.414 e. The molecular weight excluding hydrogens is 431 g/mol. The quantitative estimate of drug-likeness (QED) is 0.691. The number of benzene rings is 1. The molecule has 1 unspecified atom stereocenters. The summed E-state index contributed by atoms with van der Waals surface area (Å²) < 4.78 is 20.3. The lowest BCUT2D eigenvalue weighted by Gasteiger charge is -2.26. The van der Waals surface area contributed by atoms with Gasteiger partial charge in [-0.05, 0) is 59.5 Å². The molecule has 1 saturated carbocycles. The number of anilines is 2. The van der Waals surface area contributed by atoms with Crippen LogP contribution in [-0.4, -0.2) is 62.3 Å². The van der Waals surface area contributed by atoms with Crippen LogP contribution >= 0.6 is 11.3 Å². The molecule has 2 aromatic rings. The highest BCUT2D eigenvalue weighted by atomic mass is 32.1. The maximum atomic E-state index is 15.0. The highest BCUT2D eigenvalue weighted by Gasteiger charge is 2.57. The third kappa shape index (κ3) is 4.06. The average molecular weight is 459 g/mol. The maximum absolute atomic E-state index is 15.0. The van der Waals surface area contributed by atoms with E-state index in [1.54, 1.807) is 23.5 Å². The van der Waals surface area contributed by atoms with Crippen LogP contribution in [0.1, 0.15) is 12.5 Å². The molecule has 0 radical (unpaired) electrons. The van der Waals surface area contributed by atoms with Gasteiger partial charge in [0.05, 0.1) is 24.5 Å². The fraction of sp³-hybridized carbons (Fsp3) is 0.478. The summed E-state index contributed by atoms with van der Waals surface area (Å²) in [6.45, 7) is 4.60. The van der Waals surface area contributed by atoms with Crippen LogP contribution in [0, 0.1) is 17.7 Å². The zero-order valence-corrected chi connectivity index (χ0v) is 19.0. The van der Waals surface area contributed by atoms with Crippen LogP contribution < -0.4 is 15.1 Å². The Morgan fingerprint density at radius 3 is 2.72 bits per heavy atom. The molecular formula is C23H27FN4O3S. The van der Waals surface area contributed by atoms with Gasteiger partial charge in [0.2, 0.25) is 5.91 Å². The number of hydrogen-bond acceptors (Lipinski definition) is 6. The fourth-order valence-electron chi connectivity index (χ4n) is 5.14. The van der Waals surface area contributed by atoms with Crippen molar-refractivity contribution in [2.75, 3.05) is 43.0 Å². The minimum atomic E-state index is -0.522. The summed E-state index contributed by atoms with van der Waals surface area (Å²) in [5.74, 6) is 0.630. The first-order valence-corrected chi connectivity index (χ1v) is 11.8. The van der Waals surface area contributed by atoms with E-state index >= 15 is 0 Å². The molecule has 2 amide bonds. The highest BCUT2D eigenvalue weighted by molar-refractivity contribution is 7.07. The Labute approximate surface area is 190 Å². The molecule has 1 aliphatic carbocycles. The Bertz CT molecular complexity index is 1000. The second kappa shape index (κ2) is 8.37. The van der Waals surface area contributed by atoms with Crippen LogP contribution in [0.3, 0.4) is 0 Å². The van der Waals surface area contributed by atoms with Crippen molar-refractivity contribution in [3.05, 3.63) is 46.4 Å². The number of nitrogens with one attached hydrogen (secondary N) is 1. The first-order valence-electron chi connectivity index (χ1n) is 10.9. The molecule has 0 spiro atoms. The SMILES string of the molecule is CC(=O)NC[C@H]1CN(c2ccc(N3C[C@@H]4C(N(C)Cc5ccsc5)[C@@H]4C3)c(F)c2)C(=O)O1. The van der Waals surface area contributed by atoms with Crippen molar-refractivity contribution in [1.82, 2.24) is 10.2 Å². The number of nitrogens with zero attached hydrogens (tertiary/aromatic N) is 3. The molecule has 32 heavy (non-hydrogen) atoms. The minimum Gasteiger partial charge on any atom is -0.442 e. The second-order valence-electron chi connectivity index (χ2n) is 8.96. The summed E-state index contributed by atoms with van der Waals surface area (Å²) in [5, 5.41) is 6.94. The van der Waals surface area contributed by atoms with Gasteiger partial charge in [-0.3, -0.25) is 14.6 Å². The molecule has 0 bridgehead atoms. The number of halogens is 1. The van der Waals surface area contributed by atoms with Crippen molar-refractivity contribution < 1.29 is 18.7 Å². The topological polar surface area (TPSA) is 65.1 Å². The average Bonchev–Trinajstić information content (AvgIpc) is 3.19. The van der Waals surface area contributed by atoms with Crippen LogP contribution in [-0.2, 0) is 16.1 Å². The number of carbonyl (C=O) groups is 2. The van der Waals surface area contributed by atoms with E-state index in [0.29, 0.717) is 29.3 Å². The number of ether oxygens (including phenoxy) is 1. The van der Waals surface area contributed by atoms with Crippen molar-refractivity contribution in [3.63, 3.8) is 0 Å². The van der Waals surface area contributed by atoms with E-state index in [4.69, 9.17) is 4.74 Å². The highest BCUT2D eigenvalue weighted by Crippen LogP contribution is 2.50. The van der Waals surface area contributed by atoms with E-state index in [9.17, 15) is 14.0 Å². The van der Waals surface area contributed by atoms with Crippen LogP contribution in [0.15, 0.2) is 35.0 Å². The second-order valence-corrected chi connectivity index (χ2v) is 9.74. The molecule has 1 N–H and O–H groups in total. The molecule has 4 atom stereocenters. The number of carbonyl (C=O) groups excluding carboxylic acids is 2. The lowest BCUT2D eigenvalue weighted by Crippen LogP contribution is -2.33. The van der Waals surface area contributed by atoms with Crippen molar-refractivity contribution >= 4 is 34.7 Å². The van der Waals surface area contributed by atoms with E-state index < -0.39 is 12.2 Å². The molecule has 9 heteroatoms. The Hall–Kier alpha value is -2.65. The van der Waals surface area contributed by atoms with Crippen molar-refractivity contribution in [3.8, 4) is 0 Å². The molecule has 2 saturated heterocycles. The molecule has 7 nitrogen and oxygen atoms in total. The van der Waals surface area contributed by atoms with Gasteiger partial charge in [-0.1, -0.05) is 0 Å². The Balaban J connectivity index is 1.18. The van der Waals surface area contributed by atoms with Gasteiger partial charge in [0, 0.05) is 32.6 Å². The zero-order chi connectivity index (χ0) is 22.4. The lowest BCUT2D eigenvalue weighted by atomic mass is 10.2. The largest absolute Gasteiger partial charge is 0.442 e. The summed E-state index contributed by atoms with van der Waals surface area (Å²) in [6, 6.07) is 7.66. The van der Waals surface area contributed by atoms with E-state index in [1.807, 2.05) is 0 Å². The minimum absolute atomic E-state index is 0.182. The van der Waals surface area contributed by atoms with Gasteiger partial charge in [-0.2, -0.15) is 11.3 Å². The van der Waals surface area contributed by atoms with Gasteiger partial charge in [0.1, 0.15) is 11.9 Å². The molecule has 170 valence electrons. The number of rotatable bonds is 7. The molecule has 1 aromatic carbocycles. The number of amides is 2. The molecule has 3 aliphatic rings. The molecule has 1 aromatic heterocycles. The zero-order valence-electron chi connectivity index (χ0n) is 18.2. The first kappa shape index (κ1) is 21.2. The summed E-state index contributed by atoms with van der Waals surface area (Å²) in [5.41, 5.74) is 2.41. The summed E-state index contributed by atoms with van der Waals surface area (Å²) in [4.78, 5) is 29.2. The van der Waals surface area contributed by atoms with Gasteiger partial charge in [0.15, 0.2) is 0 Å². The third-order valence-corrected chi connectivity index (χ3v) is 7.44. The normalized spacial score (nSPS) is 26.4. The number of thiophene rings is 1. The van der Waals surface area contributed by atoms with Crippen molar-refractivity contribution in [2.24, 2.45) is 11.8 Å². The van der Waals surface area contributed by atoms with Crippen LogP contribution in [0.25, 0.3) is 0 Å². The summed E-state index contributed by atoms with van der Waals surface area (Å²) in [6.07, 6.45) is -0.964. The lowest BCUT2D eigenvalue weighted by molar-refractivity contribution is -0.119. The predicted molar refractivity (Wildman–Crippen MR) is 121 cm³/mol.